The quantitative estimate of drug-likeness (QED) is 0.692. The second-order valence-corrected chi connectivity index (χ2v) is 8.29. The third-order valence-corrected chi connectivity index (χ3v) is 6.59. The van der Waals surface area contributed by atoms with Gasteiger partial charge in [0.25, 0.3) is 0 Å². The molecule has 0 radical (unpaired) electrons. The van der Waals surface area contributed by atoms with Gasteiger partial charge in [-0.1, -0.05) is 24.3 Å². The lowest BCUT2D eigenvalue weighted by molar-refractivity contribution is -0.00484. The van der Waals surface area contributed by atoms with Gasteiger partial charge in [-0.05, 0) is 35.7 Å². The second-order valence-electron chi connectivity index (χ2n) is 6.35. The summed E-state index contributed by atoms with van der Waals surface area (Å²) in [6.45, 7) is 0.882. The molecular formula is C20H20N2O4S. The van der Waals surface area contributed by atoms with E-state index < -0.39 is 16.1 Å². The molecule has 0 unspecified atom stereocenters. The molecule has 3 aromatic rings. The van der Waals surface area contributed by atoms with E-state index in [9.17, 15) is 8.42 Å². The average molecular weight is 384 g/mol. The van der Waals surface area contributed by atoms with E-state index in [1.807, 2.05) is 30.3 Å². The fourth-order valence-corrected chi connectivity index (χ4v) is 4.62. The number of methoxy groups -OCH3 is 1. The highest BCUT2D eigenvalue weighted by molar-refractivity contribution is 7.89. The number of benzene rings is 2. The van der Waals surface area contributed by atoms with Gasteiger partial charge in [-0.2, -0.15) is 4.31 Å². The van der Waals surface area contributed by atoms with E-state index in [2.05, 4.69) is 4.98 Å². The first-order valence-electron chi connectivity index (χ1n) is 8.68. The summed E-state index contributed by atoms with van der Waals surface area (Å²) in [4.78, 5) is 4.73. The largest absolute Gasteiger partial charge is 0.497 e. The number of pyridine rings is 1. The molecule has 0 amide bonds. The number of rotatable bonds is 4. The first kappa shape index (κ1) is 17.9. The summed E-state index contributed by atoms with van der Waals surface area (Å²) in [6, 6.07) is 16.3. The van der Waals surface area contributed by atoms with Gasteiger partial charge in [0.05, 0.1) is 24.3 Å². The van der Waals surface area contributed by atoms with Gasteiger partial charge < -0.3 is 9.47 Å². The van der Waals surface area contributed by atoms with E-state index in [-0.39, 0.29) is 11.4 Å². The number of morpholine rings is 1. The van der Waals surface area contributed by atoms with Crippen LogP contribution in [0.5, 0.6) is 5.75 Å². The smallest absolute Gasteiger partial charge is 0.243 e. The van der Waals surface area contributed by atoms with Crippen molar-refractivity contribution >= 4 is 20.8 Å². The molecule has 0 spiro atoms. The molecule has 27 heavy (non-hydrogen) atoms. The van der Waals surface area contributed by atoms with E-state index in [4.69, 9.17) is 9.47 Å². The minimum absolute atomic E-state index is 0.236. The van der Waals surface area contributed by atoms with Gasteiger partial charge in [-0.25, -0.2) is 8.42 Å². The summed E-state index contributed by atoms with van der Waals surface area (Å²) in [6.07, 6.45) is 1.40. The molecule has 2 aromatic carbocycles. The number of aromatic nitrogens is 1. The second kappa shape index (κ2) is 7.26. The van der Waals surface area contributed by atoms with Crippen molar-refractivity contribution in [2.75, 3.05) is 26.8 Å². The van der Waals surface area contributed by atoms with Crippen molar-refractivity contribution in [3.63, 3.8) is 0 Å². The monoisotopic (exact) mass is 384 g/mol. The maximum atomic E-state index is 13.0. The van der Waals surface area contributed by atoms with E-state index in [1.165, 1.54) is 4.31 Å². The van der Waals surface area contributed by atoms with E-state index >= 15 is 0 Å². The lowest BCUT2D eigenvalue weighted by atomic mass is 10.1. The summed E-state index contributed by atoms with van der Waals surface area (Å²) < 4.78 is 38.4. The predicted octanol–water partition coefficient (Wildman–Crippen LogP) is 3.01. The van der Waals surface area contributed by atoms with Crippen LogP contribution in [-0.4, -0.2) is 44.5 Å². The molecule has 1 aliphatic rings. The van der Waals surface area contributed by atoms with Crippen molar-refractivity contribution in [1.82, 2.24) is 9.29 Å². The molecule has 1 aliphatic heterocycles. The zero-order valence-corrected chi connectivity index (χ0v) is 15.7. The highest BCUT2D eigenvalue weighted by atomic mass is 32.2. The molecule has 0 bridgehead atoms. The van der Waals surface area contributed by atoms with Crippen LogP contribution in [0.4, 0.5) is 0 Å². The Kier molecular flexibility index (Phi) is 4.82. The number of hydrogen-bond acceptors (Lipinski definition) is 5. The van der Waals surface area contributed by atoms with Gasteiger partial charge in [-0.3, -0.25) is 4.98 Å². The molecule has 1 saturated heterocycles. The van der Waals surface area contributed by atoms with Crippen molar-refractivity contribution in [3.05, 3.63) is 66.5 Å². The average Bonchev–Trinajstić information content (AvgIpc) is 2.73. The van der Waals surface area contributed by atoms with Crippen molar-refractivity contribution < 1.29 is 17.9 Å². The highest BCUT2D eigenvalue weighted by Crippen LogP contribution is 2.27. The molecular weight excluding hydrogens is 364 g/mol. The summed E-state index contributed by atoms with van der Waals surface area (Å²) >= 11 is 0. The molecule has 0 saturated carbocycles. The van der Waals surface area contributed by atoms with Crippen LogP contribution in [0.1, 0.15) is 11.8 Å². The minimum Gasteiger partial charge on any atom is -0.497 e. The van der Waals surface area contributed by atoms with Crippen LogP contribution in [0.3, 0.4) is 0 Å². The van der Waals surface area contributed by atoms with Gasteiger partial charge in [0, 0.05) is 24.7 Å². The molecule has 6 nitrogen and oxygen atoms in total. The number of ether oxygens (including phenoxy) is 2. The maximum Gasteiger partial charge on any atom is 0.243 e. The Morgan fingerprint density at radius 2 is 1.85 bits per heavy atom. The summed E-state index contributed by atoms with van der Waals surface area (Å²) in [5.74, 6) is 0.620. The fourth-order valence-electron chi connectivity index (χ4n) is 3.20. The zero-order chi connectivity index (χ0) is 18.9. The molecule has 4 rings (SSSR count). The Morgan fingerprint density at radius 1 is 1.11 bits per heavy atom. The Hall–Kier alpha value is -2.48. The molecule has 1 aromatic heterocycles. The number of nitrogens with zero attached hydrogens (tertiary/aromatic N) is 2. The molecule has 0 aliphatic carbocycles. The van der Waals surface area contributed by atoms with Gasteiger partial charge in [-0.15, -0.1) is 0 Å². The Bertz CT molecular complexity index is 1050. The lowest BCUT2D eigenvalue weighted by Gasteiger charge is -2.32. The molecule has 140 valence electrons. The SMILES string of the molecule is COc1ccc(S(=O)(=O)N2CCO[C@H](c3cc4ccccc4cn3)C2)cc1. The van der Waals surface area contributed by atoms with Crippen molar-refractivity contribution in [1.29, 1.82) is 0 Å². The van der Waals surface area contributed by atoms with Gasteiger partial charge in [0.15, 0.2) is 0 Å². The van der Waals surface area contributed by atoms with Crippen molar-refractivity contribution in [2.45, 2.75) is 11.0 Å². The van der Waals surface area contributed by atoms with Crippen LogP contribution in [0, 0.1) is 0 Å². The first-order chi connectivity index (χ1) is 13.1. The molecule has 1 atom stereocenters. The third-order valence-electron chi connectivity index (χ3n) is 4.71. The fraction of sp³-hybridized carbons (Fsp3) is 0.250. The van der Waals surface area contributed by atoms with Crippen LogP contribution >= 0.6 is 0 Å². The van der Waals surface area contributed by atoms with Gasteiger partial charge >= 0.3 is 0 Å². The Balaban J connectivity index is 1.59. The van der Waals surface area contributed by atoms with E-state index in [0.717, 1.165) is 16.5 Å². The topological polar surface area (TPSA) is 68.7 Å². The molecule has 1 fully saturated rings. The third kappa shape index (κ3) is 3.53. The first-order valence-corrected chi connectivity index (χ1v) is 10.1. The predicted molar refractivity (Wildman–Crippen MR) is 102 cm³/mol. The van der Waals surface area contributed by atoms with E-state index in [1.54, 1.807) is 37.6 Å². The standard InChI is InChI=1S/C20H20N2O4S/c1-25-17-6-8-18(9-7-17)27(23,24)22-10-11-26-20(14-22)19-12-15-4-2-3-5-16(15)13-21-19/h2-9,12-13,20H,10-11,14H2,1H3/t20-/m0/s1. The maximum absolute atomic E-state index is 13.0. The van der Waals surface area contributed by atoms with Crippen LogP contribution < -0.4 is 4.74 Å². The summed E-state index contributed by atoms with van der Waals surface area (Å²) in [5.41, 5.74) is 0.739. The summed E-state index contributed by atoms with van der Waals surface area (Å²) in [5, 5.41) is 2.10. The van der Waals surface area contributed by atoms with Crippen LogP contribution in [0.25, 0.3) is 10.8 Å². The van der Waals surface area contributed by atoms with Gasteiger partial charge in [0.2, 0.25) is 10.0 Å². The van der Waals surface area contributed by atoms with Crippen molar-refractivity contribution in [3.8, 4) is 5.75 Å². The van der Waals surface area contributed by atoms with Gasteiger partial charge in [0.1, 0.15) is 11.9 Å². The van der Waals surface area contributed by atoms with E-state index in [0.29, 0.717) is 18.9 Å². The normalized spacial score (nSPS) is 18.5. The molecule has 7 heteroatoms. The van der Waals surface area contributed by atoms with Crippen LogP contribution in [0.2, 0.25) is 0 Å². The number of hydrogen-bond donors (Lipinski definition) is 0. The highest BCUT2D eigenvalue weighted by Gasteiger charge is 2.32. The number of sulfonamides is 1. The lowest BCUT2D eigenvalue weighted by Crippen LogP contribution is -2.42. The molecule has 0 N–H and O–H groups in total. The van der Waals surface area contributed by atoms with Crippen LogP contribution in [-0.2, 0) is 14.8 Å². The molecule has 2 heterocycles. The number of fused-ring (bicyclic) bond motifs is 1. The van der Waals surface area contributed by atoms with Crippen LogP contribution in [0.15, 0.2) is 65.7 Å². The zero-order valence-electron chi connectivity index (χ0n) is 14.9. The Morgan fingerprint density at radius 3 is 2.59 bits per heavy atom. The van der Waals surface area contributed by atoms with Crippen molar-refractivity contribution in [2.24, 2.45) is 0 Å². The summed E-state index contributed by atoms with van der Waals surface area (Å²) in [7, 11) is -2.05. The minimum atomic E-state index is -3.60. The Labute approximate surface area is 158 Å².